The van der Waals surface area contributed by atoms with Crippen molar-refractivity contribution in [3.63, 3.8) is 0 Å². The molecule has 5 nitrogen and oxygen atoms in total. The summed E-state index contributed by atoms with van der Waals surface area (Å²) >= 11 is 7.58. The van der Waals surface area contributed by atoms with Crippen molar-refractivity contribution in [3.8, 4) is 11.3 Å². The van der Waals surface area contributed by atoms with Gasteiger partial charge in [0.2, 0.25) is 0 Å². The van der Waals surface area contributed by atoms with Crippen LogP contribution >= 0.6 is 22.9 Å². The second-order valence-corrected chi connectivity index (χ2v) is 6.25. The van der Waals surface area contributed by atoms with E-state index in [1.54, 1.807) is 4.68 Å². The van der Waals surface area contributed by atoms with Crippen molar-refractivity contribution < 1.29 is 9.90 Å². The summed E-state index contributed by atoms with van der Waals surface area (Å²) in [4.78, 5) is 15.4. The summed E-state index contributed by atoms with van der Waals surface area (Å²) in [6.45, 7) is 2.43. The number of rotatable bonds is 4. The van der Waals surface area contributed by atoms with Gasteiger partial charge in [-0.05, 0) is 30.7 Å². The third-order valence-electron chi connectivity index (χ3n) is 3.07. The number of hydrogen-bond acceptors (Lipinski definition) is 4. The van der Waals surface area contributed by atoms with Crippen LogP contribution in [0.1, 0.15) is 20.9 Å². The van der Waals surface area contributed by atoms with Gasteiger partial charge in [-0.2, -0.15) is 5.10 Å². The van der Waals surface area contributed by atoms with Crippen LogP contribution in [0.15, 0.2) is 36.0 Å². The third kappa shape index (κ3) is 3.18. The maximum absolute atomic E-state index is 10.8. The van der Waals surface area contributed by atoms with Crippen molar-refractivity contribution >= 4 is 28.9 Å². The smallest absolute Gasteiger partial charge is 0.338 e. The molecular weight excluding hydrogens is 322 g/mol. The lowest BCUT2D eigenvalue weighted by Gasteiger charge is -2.01. The van der Waals surface area contributed by atoms with Crippen LogP contribution in [-0.4, -0.2) is 25.8 Å². The molecule has 0 aliphatic carbocycles. The number of thiazole rings is 1. The van der Waals surface area contributed by atoms with E-state index < -0.39 is 5.97 Å². The number of carboxylic acids is 1. The van der Waals surface area contributed by atoms with Crippen molar-refractivity contribution in [3.05, 3.63) is 57.1 Å². The zero-order valence-electron chi connectivity index (χ0n) is 11.7. The second kappa shape index (κ2) is 5.90. The van der Waals surface area contributed by atoms with Crippen molar-refractivity contribution in [2.45, 2.75) is 13.5 Å². The molecule has 0 atom stereocenters. The van der Waals surface area contributed by atoms with E-state index in [1.165, 1.54) is 23.7 Å². The van der Waals surface area contributed by atoms with Crippen LogP contribution in [0.25, 0.3) is 11.3 Å². The Balaban J connectivity index is 1.82. The van der Waals surface area contributed by atoms with Gasteiger partial charge in [0.25, 0.3) is 0 Å². The number of aromatic nitrogens is 3. The summed E-state index contributed by atoms with van der Waals surface area (Å²) < 4.78 is 1.56. The SMILES string of the molecule is Cc1cc(Cl)cc(-c2csc(Cn3cc(C(=O)O)cn3)n2)c1. The fourth-order valence-electron chi connectivity index (χ4n) is 2.10. The van der Waals surface area contributed by atoms with Gasteiger partial charge in [0.05, 0.1) is 24.0 Å². The van der Waals surface area contributed by atoms with Gasteiger partial charge in [-0.3, -0.25) is 4.68 Å². The largest absolute Gasteiger partial charge is 0.478 e. The number of aryl methyl sites for hydroxylation is 1. The highest BCUT2D eigenvalue weighted by molar-refractivity contribution is 7.09. The summed E-state index contributed by atoms with van der Waals surface area (Å²) in [5, 5.41) is 16.4. The molecule has 1 aromatic carbocycles. The Hall–Kier alpha value is -2.18. The van der Waals surface area contributed by atoms with Gasteiger partial charge >= 0.3 is 5.97 Å². The molecule has 0 unspecified atom stereocenters. The molecule has 0 spiro atoms. The third-order valence-corrected chi connectivity index (χ3v) is 4.12. The molecule has 2 heterocycles. The van der Waals surface area contributed by atoms with Gasteiger partial charge in [0.1, 0.15) is 5.01 Å². The van der Waals surface area contributed by atoms with E-state index >= 15 is 0 Å². The normalized spacial score (nSPS) is 10.8. The van der Waals surface area contributed by atoms with Gasteiger partial charge in [-0.25, -0.2) is 9.78 Å². The highest BCUT2D eigenvalue weighted by Gasteiger charge is 2.09. The quantitative estimate of drug-likeness (QED) is 0.790. The monoisotopic (exact) mass is 333 g/mol. The van der Waals surface area contributed by atoms with E-state index in [9.17, 15) is 4.79 Å². The minimum Gasteiger partial charge on any atom is -0.478 e. The summed E-state index contributed by atoms with van der Waals surface area (Å²) in [6, 6.07) is 5.81. The van der Waals surface area contributed by atoms with Crippen LogP contribution < -0.4 is 0 Å². The van der Waals surface area contributed by atoms with Crippen LogP contribution in [0.5, 0.6) is 0 Å². The number of aromatic carboxylic acids is 1. The number of carboxylic acid groups (broad SMARTS) is 1. The molecule has 0 bridgehead atoms. The molecule has 0 radical (unpaired) electrons. The van der Waals surface area contributed by atoms with Gasteiger partial charge in [0.15, 0.2) is 0 Å². The molecule has 7 heteroatoms. The Labute approximate surface area is 135 Å². The zero-order valence-corrected chi connectivity index (χ0v) is 13.2. The topological polar surface area (TPSA) is 68.0 Å². The fourth-order valence-corrected chi connectivity index (χ4v) is 3.18. The van der Waals surface area contributed by atoms with Gasteiger partial charge in [-0.1, -0.05) is 11.6 Å². The Morgan fingerprint density at radius 2 is 2.23 bits per heavy atom. The molecule has 22 heavy (non-hydrogen) atoms. The first-order valence-corrected chi connectivity index (χ1v) is 7.75. The second-order valence-electron chi connectivity index (χ2n) is 4.88. The lowest BCUT2D eigenvalue weighted by atomic mass is 10.1. The van der Waals surface area contributed by atoms with Crippen LogP contribution in [0.3, 0.4) is 0 Å². The van der Waals surface area contributed by atoms with Gasteiger partial charge < -0.3 is 5.11 Å². The first kappa shape index (κ1) is 14.7. The van der Waals surface area contributed by atoms with Crippen molar-refractivity contribution in [2.75, 3.05) is 0 Å². The standard InChI is InChI=1S/C15H12ClN3O2S/c1-9-2-10(4-12(16)3-9)13-8-22-14(18-13)7-19-6-11(5-17-19)15(20)21/h2-6,8H,7H2,1H3,(H,20,21). The molecule has 0 amide bonds. The molecule has 2 aromatic heterocycles. The zero-order chi connectivity index (χ0) is 15.7. The molecule has 3 rings (SSSR count). The van der Waals surface area contributed by atoms with Crippen LogP contribution in [-0.2, 0) is 6.54 Å². The average Bonchev–Trinajstić information content (AvgIpc) is 3.07. The molecular formula is C15H12ClN3O2S. The molecule has 0 aliphatic heterocycles. The Bertz CT molecular complexity index is 821. The maximum atomic E-state index is 10.8. The van der Waals surface area contributed by atoms with Crippen LogP contribution in [0.4, 0.5) is 0 Å². The van der Waals surface area contributed by atoms with Crippen LogP contribution in [0, 0.1) is 6.92 Å². The summed E-state index contributed by atoms with van der Waals surface area (Å²) in [6.07, 6.45) is 2.82. The summed E-state index contributed by atoms with van der Waals surface area (Å²) in [5.41, 5.74) is 3.08. The number of carbonyl (C=O) groups is 1. The minimum atomic E-state index is -0.986. The number of nitrogens with zero attached hydrogens (tertiary/aromatic N) is 3. The fraction of sp³-hybridized carbons (Fsp3) is 0.133. The lowest BCUT2D eigenvalue weighted by Crippen LogP contribution is -2.00. The molecule has 0 saturated heterocycles. The average molecular weight is 334 g/mol. The summed E-state index contributed by atoms with van der Waals surface area (Å²) in [7, 11) is 0. The van der Waals surface area contributed by atoms with Crippen molar-refractivity contribution in [1.29, 1.82) is 0 Å². The van der Waals surface area contributed by atoms with Crippen molar-refractivity contribution in [2.24, 2.45) is 0 Å². The predicted molar refractivity (Wildman–Crippen MR) is 85.6 cm³/mol. The molecule has 3 aromatic rings. The maximum Gasteiger partial charge on any atom is 0.338 e. The van der Waals surface area contributed by atoms with E-state index in [0.717, 1.165) is 21.8 Å². The van der Waals surface area contributed by atoms with E-state index in [-0.39, 0.29) is 5.56 Å². The van der Waals surface area contributed by atoms with Gasteiger partial charge in [-0.15, -0.1) is 11.3 Å². The number of benzene rings is 1. The number of halogens is 1. The molecule has 112 valence electrons. The molecule has 0 saturated carbocycles. The Kier molecular flexibility index (Phi) is 3.96. The predicted octanol–water partition coefficient (Wildman–Crippen LogP) is 3.71. The van der Waals surface area contributed by atoms with E-state index in [0.29, 0.717) is 11.6 Å². The van der Waals surface area contributed by atoms with E-state index in [2.05, 4.69) is 10.1 Å². The Morgan fingerprint density at radius 1 is 1.41 bits per heavy atom. The van der Waals surface area contributed by atoms with E-state index in [4.69, 9.17) is 16.7 Å². The Morgan fingerprint density at radius 3 is 2.91 bits per heavy atom. The first-order valence-electron chi connectivity index (χ1n) is 6.49. The highest BCUT2D eigenvalue weighted by Crippen LogP contribution is 2.26. The van der Waals surface area contributed by atoms with Crippen LogP contribution in [0.2, 0.25) is 5.02 Å². The van der Waals surface area contributed by atoms with Gasteiger partial charge in [0, 0.05) is 22.2 Å². The molecule has 0 aliphatic rings. The minimum absolute atomic E-state index is 0.169. The first-order chi connectivity index (χ1) is 10.5. The molecule has 1 N–H and O–H groups in total. The van der Waals surface area contributed by atoms with E-state index in [1.807, 2.05) is 30.5 Å². The highest BCUT2D eigenvalue weighted by atomic mass is 35.5. The molecule has 0 fully saturated rings. The van der Waals surface area contributed by atoms with Crippen molar-refractivity contribution in [1.82, 2.24) is 14.8 Å². The lowest BCUT2D eigenvalue weighted by molar-refractivity contribution is 0.0697. The number of hydrogen-bond donors (Lipinski definition) is 1. The summed E-state index contributed by atoms with van der Waals surface area (Å²) in [5.74, 6) is -0.986.